The summed E-state index contributed by atoms with van der Waals surface area (Å²) < 4.78 is 455. The minimum Gasteiger partial charge on any atom is -0.388 e. The van der Waals surface area contributed by atoms with Gasteiger partial charge in [0.05, 0.1) is 13.2 Å². The highest BCUT2D eigenvalue weighted by Gasteiger charge is 2.97. The second-order valence-electron chi connectivity index (χ2n) is 11.0. The molecule has 37 heteroatoms. The Hall–Kier alpha value is -2.50. The van der Waals surface area contributed by atoms with Crippen molar-refractivity contribution in [1.82, 2.24) is 0 Å². The van der Waals surface area contributed by atoms with Gasteiger partial charge in [-0.05, 0) is 0 Å². The maximum Gasteiger partial charge on any atom is 0.460 e. The van der Waals surface area contributed by atoms with Gasteiger partial charge in [0, 0.05) is 0 Å². The lowest BCUT2D eigenvalue weighted by atomic mass is 9.89. The van der Waals surface area contributed by atoms with Crippen LogP contribution in [0.4, 0.5) is 149 Å². The molecule has 3 nitrogen and oxygen atoms in total. The molecule has 0 heterocycles. The fourth-order valence-corrected chi connectivity index (χ4v) is 3.27. The Morgan fingerprint density at radius 2 is 0.414 bits per heavy atom. The third kappa shape index (κ3) is 7.80. The molecular weight excluding hydrogens is 946 g/mol. The van der Waals surface area contributed by atoms with Crippen LogP contribution in [0.5, 0.6) is 0 Å². The van der Waals surface area contributed by atoms with E-state index in [0.717, 1.165) is 0 Å². The minimum atomic E-state index is -9.06. The summed E-state index contributed by atoms with van der Waals surface area (Å²) in [6.07, 6.45) is -19.5. The highest BCUT2D eigenvalue weighted by molar-refractivity contribution is 5.16. The Balaban J connectivity index is 6.11. The molecule has 0 aliphatic carbocycles. The van der Waals surface area contributed by atoms with Crippen molar-refractivity contribution in [1.29, 1.82) is 0 Å². The summed E-state index contributed by atoms with van der Waals surface area (Å²) in [6.45, 7) is -12.6. The second-order valence-corrected chi connectivity index (χ2v) is 11.0. The van der Waals surface area contributed by atoms with E-state index in [1.54, 1.807) is 0 Å². The molecule has 0 atom stereocenters. The van der Waals surface area contributed by atoms with Gasteiger partial charge in [0.15, 0.2) is 0 Å². The SMILES string of the molecule is OC(COCC(F)(F)C(F)(F)C(F)(F)C(F)(F)C(F)(F)C(F)(F)C(F)(F)C(F)(F)F)COCC(F)(F)C(F)(F)C(F)(F)C(F)(F)C(F)(F)C(F)(F)C(F)(F)C(F)(F)F. The molecule has 350 valence electrons. The number of aliphatic hydroxyl groups is 1. The van der Waals surface area contributed by atoms with E-state index in [2.05, 4.69) is 9.47 Å². The number of hydrogen-bond acceptors (Lipinski definition) is 3. The average Bonchev–Trinajstić information content (AvgIpc) is 2.98. The molecule has 1 N–H and O–H groups in total. The van der Waals surface area contributed by atoms with E-state index in [1.807, 2.05) is 0 Å². The van der Waals surface area contributed by atoms with Crippen LogP contribution in [0.15, 0.2) is 0 Å². The Labute approximate surface area is 293 Å². The maximum atomic E-state index is 13.7. The zero-order valence-corrected chi connectivity index (χ0v) is 25.5. The van der Waals surface area contributed by atoms with E-state index < -0.39 is 128 Å². The van der Waals surface area contributed by atoms with Crippen LogP contribution < -0.4 is 0 Å². The lowest BCUT2D eigenvalue weighted by molar-refractivity contribution is -0.462. The first-order valence-corrected chi connectivity index (χ1v) is 12.9. The number of ether oxygens (including phenoxy) is 2. The van der Waals surface area contributed by atoms with Gasteiger partial charge in [-0.15, -0.1) is 0 Å². The van der Waals surface area contributed by atoms with Gasteiger partial charge >= 0.3 is 95.3 Å². The maximum absolute atomic E-state index is 13.7. The molecule has 0 saturated carbocycles. The van der Waals surface area contributed by atoms with Crippen molar-refractivity contribution in [2.75, 3.05) is 26.4 Å². The normalized spacial score (nSPS) is 16.8. The molecule has 0 fully saturated rings. The standard InChI is InChI=1S/C21H10F34O3/c22-6(23,8(26,27)10(30,31)12(34,35)14(38,39)16(42,43)18(46,47)20(50,51)52)3-57-1-5(56)2-58-4-7(24,25)9(28,29)11(32,33)13(36,37)15(40,41)17(44,45)19(48,49)21(53,54)55/h5,56H,1-4H2. The molecule has 0 aliphatic rings. The summed E-state index contributed by atoms with van der Waals surface area (Å²) in [6, 6.07) is 0. The fourth-order valence-electron chi connectivity index (χ4n) is 3.27. The van der Waals surface area contributed by atoms with Gasteiger partial charge in [-0.3, -0.25) is 0 Å². The highest BCUT2D eigenvalue weighted by Crippen LogP contribution is 2.66. The Morgan fingerprint density at radius 3 is 0.586 bits per heavy atom. The van der Waals surface area contributed by atoms with Crippen LogP contribution in [-0.2, 0) is 9.47 Å². The number of halogens is 34. The van der Waals surface area contributed by atoms with Gasteiger partial charge in [-0.2, -0.15) is 149 Å². The molecule has 0 spiro atoms. The monoisotopic (exact) mass is 956 g/mol. The van der Waals surface area contributed by atoms with Gasteiger partial charge in [-0.1, -0.05) is 0 Å². The molecule has 0 bridgehead atoms. The van der Waals surface area contributed by atoms with Gasteiger partial charge in [0.2, 0.25) is 0 Å². The summed E-state index contributed by atoms with van der Waals surface area (Å²) in [4.78, 5) is 0. The lowest BCUT2D eigenvalue weighted by Crippen LogP contribution is -2.74. The zero-order valence-electron chi connectivity index (χ0n) is 25.5. The van der Waals surface area contributed by atoms with Crippen LogP contribution in [0.25, 0.3) is 0 Å². The molecule has 0 rings (SSSR count). The quantitative estimate of drug-likeness (QED) is 0.124. The number of aliphatic hydroxyl groups excluding tert-OH is 1. The van der Waals surface area contributed by atoms with Crippen LogP contribution >= 0.6 is 0 Å². The van der Waals surface area contributed by atoms with E-state index in [0.29, 0.717) is 0 Å². The summed E-state index contributed by atoms with van der Waals surface area (Å²) in [5.74, 6) is -120. The van der Waals surface area contributed by atoms with Crippen molar-refractivity contribution in [2.24, 2.45) is 0 Å². The van der Waals surface area contributed by atoms with Crippen molar-refractivity contribution in [2.45, 2.75) is 101 Å². The van der Waals surface area contributed by atoms with Crippen molar-refractivity contribution in [3.05, 3.63) is 0 Å². The molecule has 58 heavy (non-hydrogen) atoms. The van der Waals surface area contributed by atoms with E-state index in [-0.39, 0.29) is 0 Å². The third-order valence-corrected chi connectivity index (χ3v) is 6.76. The van der Waals surface area contributed by atoms with Crippen LogP contribution in [0.3, 0.4) is 0 Å². The molecule has 0 saturated heterocycles. The van der Waals surface area contributed by atoms with Crippen molar-refractivity contribution < 1.29 is 164 Å². The van der Waals surface area contributed by atoms with E-state index in [9.17, 15) is 149 Å². The molecule has 0 aromatic heterocycles. The predicted molar refractivity (Wildman–Crippen MR) is 109 cm³/mol. The van der Waals surface area contributed by atoms with E-state index in [1.165, 1.54) is 0 Å². The van der Waals surface area contributed by atoms with Crippen LogP contribution in [0.2, 0.25) is 0 Å². The van der Waals surface area contributed by atoms with Gasteiger partial charge in [-0.25, -0.2) is 0 Å². The predicted octanol–water partition coefficient (Wildman–Crippen LogP) is 10.4. The Morgan fingerprint density at radius 1 is 0.259 bits per heavy atom. The summed E-state index contributed by atoms with van der Waals surface area (Å²) in [5.41, 5.74) is 0. The van der Waals surface area contributed by atoms with Crippen LogP contribution in [0.1, 0.15) is 0 Å². The minimum absolute atomic E-state index is 2.52. The Bertz CT molecular complexity index is 1300. The largest absolute Gasteiger partial charge is 0.460 e. The molecule has 0 unspecified atom stereocenters. The third-order valence-electron chi connectivity index (χ3n) is 6.76. The Kier molecular flexibility index (Phi) is 14.2. The first kappa shape index (κ1) is 55.5. The molecule has 0 aliphatic heterocycles. The van der Waals surface area contributed by atoms with Gasteiger partial charge < -0.3 is 14.6 Å². The average molecular weight is 956 g/mol. The number of hydrogen-bond donors (Lipinski definition) is 1. The second kappa shape index (κ2) is 14.8. The smallest absolute Gasteiger partial charge is 0.388 e. The molecule has 0 aromatic carbocycles. The summed E-state index contributed by atoms with van der Waals surface area (Å²) in [5, 5.41) is 9.16. The van der Waals surface area contributed by atoms with Gasteiger partial charge in [0.25, 0.3) is 0 Å². The topological polar surface area (TPSA) is 38.7 Å². The highest BCUT2D eigenvalue weighted by atomic mass is 19.4. The van der Waals surface area contributed by atoms with Gasteiger partial charge in [0.1, 0.15) is 19.3 Å². The summed E-state index contributed by atoms with van der Waals surface area (Å²) >= 11 is 0. The van der Waals surface area contributed by atoms with Crippen molar-refractivity contribution in [3.63, 3.8) is 0 Å². The first-order valence-electron chi connectivity index (χ1n) is 12.9. The van der Waals surface area contributed by atoms with Crippen LogP contribution in [-0.4, -0.2) is 133 Å². The van der Waals surface area contributed by atoms with Crippen molar-refractivity contribution >= 4 is 0 Å². The molecular formula is C21H10F34O3. The summed E-state index contributed by atoms with van der Waals surface area (Å²) in [7, 11) is 0. The van der Waals surface area contributed by atoms with Crippen molar-refractivity contribution in [3.8, 4) is 0 Å². The number of alkyl halides is 34. The van der Waals surface area contributed by atoms with E-state index >= 15 is 0 Å². The molecule has 0 amide bonds. The number of rotatable bonds is 20. The van der Waals surface area contributed by atoms with E-state index in [4.69, 9.17) is 5.11 Å². The molecule has 0 aromatic rings. The zero-order chi connectivity index (χ0) is 47.8. The lowest BCUT2D eigenvalue weighted by Gasteiger charge is -2.42. The molecule has 0 radical (unpaired) electrons. The van der Waals surface area contributed by atoms with Crippen LogP contribution in [0, 0.1) is 0 Å². The first-order chi connectivity index (χ1) is 24.6. The fraction of sp³-hybridized carbons (Fsp3) is 1.00.